The largest absolute Gasteiger partial charge is 0.337 e. The lowest BCUT2D eigenvalue weighted by Crippen LogP contribution is -2.34. The quantitative estimate of drug-likeness (QED) is 0.801. The Morgan fingerprint density at radius 2 is 1.72 bits per heavy atom. The van der Waals surface area contributed by atoms with E-state index in [1.165, 1.54) is 6.92 Å². The predicted molar refractivity (Wildman–Crippen MR) is 69.8 cm³/mol. The lowest BCUT2D eigenvalue weighted by atomic mass is 10.1. The molecule has 1 amide bonds. The third-order valence-corrected chi connectivity index (χ3v) is 3.17. The highest BCUT2D eigenvalue weighted by Gasteiger charge is 2.16. The van der Waals surface area contributed by atoms with Gasteiger partial charge in [-0.15, -0.1) is 0 Å². The Morgan fingerprint density at radius 1 is 1.06 bits per heavy atom. The number of nitrogens with zero attached hydrogens (tertiary/aromatic N) is 1. The third kappa shape index (κ3) is 2.96. The van der Waals surface area contributed by atoms with Crippen LogP contribution in [0.25, 0.3) is 0 Å². The molecular formula is C14H18N2O2. The summed E-state index contributed by atoms with van der Waals surface area (Å²) in [7, 11) is 0. The molecule has 4 nitrogen and oxygen atoms in total. The number of hydrogen-bond acceptors (Lipinski definition) is 3. The normalized spacial score (nSPS) is 16.2. The Hall–Kier alpha value is -1.68. The summed E-state index contributed by atoms with van der Waals surface area (Å²) in [6.07, 6.45) is 0.983. The Kier molecular flexibility index (Phi) is 4.10. The zero-order valence-corrected chi connectivity index (χ0v) is 10.6. The van der Waals surface area contributed by atoms with E-state index in [0.717, 1.165) is 32.6 Å². The van der Waals surface area contributed by atoms with Crippen molar-refractivity contribution in [3.8, 4) is 0 Å². The van der Waals surface area contributed by atoms with E-state index in [-0.39, 0.29) is 11.7 Å². The van der Waals surface area contributed by atoms with E-state index in [2.05, 4.69) is 5.32 Å². The minimum Gasteiger partial charge on any atom is -0.337 e. The maximum Gasteiger partial charge on any atom is 0.253 e. The molecule has 1 N–H and O–H groups in total. The zero-order valence-electron chi connectivity index (χ0n) is 10.6. The summed E-state index contributed by atoms with van der Waals surface area (Å²) in [4.78, 5) is 25.3. The summed E-state index contributed by atoms with van der Waals surface area (Å²) in [5, 5.41) is 3.27. The second kappa shape index (κ2) is 5.78. The summed E-state index contributed by atoms with van der Waals surface area (Å²) in [6.45, 7) is 4.87. The average Bonchev–Trinajstić information content (AvgIpc) is 2.67. The van der Waals surface area contributed by atoms with Gasteiger partial charge >= 0.3 is 0 Å². The molecule has 96 valence electrons. The number of carbonyl (C=O) groups is 2. The van der Waals surface area contributed by atoms with Crippen LogP contribution in [-0.2, 0) is 0 Å². The smallest absolute Gasteiger partial charge is 0.253 e. The molecule has 1 aromatic carbocycles. The molecule has 4 heteroatoms. The van der Waals surface area contributed by atoms with Gasteiger partial charge in [0.05, 0.1) is 0 Å². The second-order valence-corrected chi connectivity index (χ2v) is 4.53. The van der Waals surface area contributed by atoms with Gasteiger partial charge in [-0.2, -0.15) is 0 Å². The fraction of sp³-hybridized carbons (Fsp3) is 0.429. The van der Waals surface area contributed by atoms with Crippen LogP contribution in [-0.4, -0.2) is 42.8 Å². The highest BCUT2D eigenvalue weighted by Crippen LogP contribution is 2.09. The molecule has 0 saturated carbocycles. The lowest BCUT2D eigenvalue weighted by Gasteiger charge is -2.19. The maximum absolute atomic E-state index is 12.2. The lowest BCUT2D eigenvalue weighted by molar-refractivity contribution is 0.0766. The van der Waals surface area contributed by atoms with Crippen LogP contribution in [0.3, 0.4) is 0 Å². The summed E-state index contributed by atoms with van der Waals surface area (Å²) in [5.41, 5.74) is 1.30. The van der Waals surface area contributed by atoms with Gasteiger partial charge in [0.2, 0.25) is 0 Å². The third-order valence-electron chi connectivity index (χ3n) is 3.17. The average molecular weight is 246 g/mol. The van der Waals surface area contributed by atoms with Crippen molar-refractivity contribution in [3.63, 3.8) is 0 Å². The Bertz CT molecular complexity index is 432. The first-order chi connectivity index (χ1) is 8.68. The first-order valence-corrected chi connectivity index (χ1v) is 6.29. The number of nitrogens with one attached hydrogen (secondary N) is 1. The molecule has 2 rings (SSSR count). The molecule has 1 saturated heterocycles. The summed E-state index contributed by atoms with van der Waals surface area (Å²) in [6, 6.07) is 6.89. The molecule has 1 aromatic rings. The Balaban J connectivity index is 2.10. The topological polar surface area (TPSA) is 49.4 Å². The number of ketones is 1. The van der Waals surface area contributed by atoms with E-state index < -0.39 is 0 Å². The monoisotopic (exact) mass is 246 g/mol. The van der Waals surface area contributed by atoms with Crippen molar-refractivity contribution in [2.75, 3.05) is 26.2 Å². The molecule has 0 aromatic heterocycles. The van der Waals surface area contributed by atoms with Crippen LogP contribution in [0.1, 0.15) is 34.1 Å². The first kappa shape index (κ1) is 12.8. The number of rotatable bonds is 2. The van der Waals surface area contributed by atoms with Gasteiger partial charge in [0.25, 0.3) is 5.91 Å². The van der Waals surface area contributed by atoms with E-state index in [1.807, 2.05) is 4.90 Å². The fourth-order valence-corrected chi connectivity index (χ4v) is 2.08. The van der Waals surface area contributed by atoms with Crippen molar-refractivity contribution in [2.24, 2.45) is 0 Å². The molecule has 1 fully saturated rings. The van der Waals surface area contributed by atoms with Crippen molar-refractivity contribution in [1.82, 2.24) is 10.2 Å². The van der Waals surface area contributed by atoms with Crippen LogP contribution in [0.4, 0.5) is 0 Å². The minimum absolute atomic E-state index is 0.0213. The summed E-state index contributed by atoms with van der Waals surface area (Å²) in [5.74, 6) is 0.0711. The Labute approximate surface area is 107 Å². The van der Waals surface area contributed by atoms with Gasteiger partial charge in [-0.3, -0.25) is 9.59 Å². The molecular weight excluding hydrogens is 228 g/mol. The molecule has 0 aliphatic carbocycles. The summed E-state index contributed by atoms with van der Waals surface area (Å²) >= 11 is 0. The van der Waals surface area contributed by atoms with E-state index in [0.29, 0.717) is 11.1 Å². The fourth-order valence-electron chi connectivity index (χ4n) is 2.08. The zero-order chi connectivity index (χ0) is 13.0. The van der Waals surface area contributed by atoms with Gasteiger partial charge in [-0.1, -0.05) is 12.1 Å². The molecule has 1 aliphatic rings. The van der Waals surface area contributed by atoms with Crippen LogP contribution >= 0.6 is 0 Å². The van der Waals surface area contributed by atoms with Gasteiger partial charge < -0.3 is 10.2 Å². The van der Waals surface area contributed by atoms with Gasteiger partial charge in [0.1, 0.15) is 0 Å². The number of amides is 1. The van der Waals surface area contributed by atoms with Crippen molar-refractivity contribution >= 4 is 11.7 Å². The van der Waals surface area contributed by atoms with E-state index in [9.17, 15) is 9.59 Å². The van der Waals surface area contributed by atoms with Crippen molar-refractivity contribution in [1.29, 1.82) is 0 Å². The van der Waals surface area contributed by atoms with Crippen LogP contribution in [0.15, 0.2) is 24.3 Å². The number of benzene rings is 1. The van der Waals surface area contributed by atoms with E-state index in [1.54, 1.807) is 24.3 Å². The first-order valence-electron chi connectivity index (χ1n) is 6.29. The van der Waals surface area contributed by atoms with Crippen molar-refractivity contribution in [2.45, 2.75) is 13.3 Å². The van der Waals surface area contributed by atoms with Crippen molar-refractivity contribution in [3.05, 3.63) is 35.4 Å². The molecule has 0 atom stereocenters. The Morgan fingerprint density at radius 3 is 2.39 bits per heavy atom. The van der Waals surface area contributed by atoms with Crippen LogP contribution < -0.4 is 5.32 Å². The molecule has 1 heterocycles. The molecule has 0 radical (unpaired) electrons. The predicted octanol–water partition coefficient (Wildman–Crippen LogP) is 1.32. The van der Waals surface area contributed by atoms with Gasteiger partial charge in [0, 0.05) is 30.8 Å². The van der Waals surface area contributed by atoms with Crippen molar-refractivity contribution < 1.29 is 9.59 Å². The highest BCUT2D eigenvalue weighted by atomic mass is 16.2. The molecule has 0 unspecified atom stereocenters. The van der Waals surface area contributed by atoms with Crippen LogP contribution in [0.5, 0.6) is 0 Å². The minimum atomic E-state index is 0.0213. The van der Waals surface area contributed by atoms with Crippen LogP contribution in [0.2, 0.25) is 0 Å². The second-order valence-electron chi connectivity index (χ2n) is 4.53. The van der Waals surface area contributed by atoms with Crippen LogP contribution in [0, 0.1) is 0 Å². The van der Waals surface area contributed by atoms with Gasteiger partial charge in [0.15, 0.2) is 5.78 Å². The molecule has 0 bridgehead atoms. The number of carbonyl (C=O) groups excluding carboxylic acids is 2. The SMILES string of the molecule is CC(=O)c1ccc(C(=O)N2CCCNCC2)cc1. The molecule has 0 spiro atoms. The van der Waals surface area contributed by atoms with Gasteiger partial charge in [-0.05, 0) is 32.0 Å². The molecule has 1 aliphatic heterocycles. The maximum atomic E-state index is 12.2. The molecule has 18 heavy (non-hydrogen) atoms. The highest BCUT2D eigenvalue weighted by molar-refractivity contribution is 5.97. The number of hydrogen-bond donors (Lipinski definition) is 1. The standard InChI is InChI=1S/C14H18N2O2/c1-11(17)12-3-5-13(6-4-12)14(18)16-9-2-7-15-8-10-16/h3-6,15H,2,7-10H2,1H3. The summed E-state index contributed by atoms with van der Waals surface area (Å²) < 4.78 is 0. The number of Topliss-reactive ketones (excluding diaryl/α,β-unsaturated/α-hetero) is 1. The van der Waals surface area contributed by atoms with Gasteiger partial charge in [-0.25, -0.2) is 0 Å². The van der Waals surface area contributed by atoms with E-state index in [4.69, 9.17) is 0 Å². The van der Waals surface area contributed by atoms with E-state index >= 15 is 0 Å².